The van der Waals surface area contributed by atoms with Crippen molar-refractivity contribution in [3.05, 3.63) is 60.7 Å². The molecule has 2 aromatic rings. The van der Waals surface area contributed by atoms with E-state index in [0.717, 1.165) is 10.4 Å². The predicted molar refractivity (Wildman–Crippen MR) is 99.3 cm³/mol. The molecule has 0 saturated carbocycles. The van der Waals surface area contributed by atoms with Crippen LogP contribution in [0.15, 0.2) is 60.7 Å². The van der Waals surface area contributed by atoms with Crippen molar-refractivity contribution < 1.29 is 15.3 Å². The highest BCUT2D eigenvalue weighted by Crippen LogP contribution is 2.43. The van der Waals surface area contributed by atoms with Gasteiger partial charge in [0.25, 0.3) is 0 Å². The summed E-state index contributed by atoms with van der Waals surface area (Å²) in [5.41, 5.74) is -0.322. The Kier molecular flexibility index (Phi) is 4.92. The van der Waals surface area contributed by atoms with Crippen LogP contribution in [0, 0.1) is 5.92 Å². The summed E-state index contributed by atoms with van der Waals surface area (Å²) in [5.74, 6) is 0.0225. The van der Waals surface area contributed by atoms with Crippen LogP contribution in [0.1, 0.15) is 13.8 Å². The third-order valence-electron chi connectivity index (χ3n) is 5.49. The Morgan fingerprint density at radius 3 is 1.75 bits per heavy atom. The molecule has 0 bridgehead atoms. The standard InChI is InChI=1S/C20H26O3Si/c1-14(2)18(22)20-19(23)17(21)13-24(20,15-9-5-3-6-10-15)16-11-7-4-8-12-16/h3-12,14,17-23H,13H2,1-2H3/t17-,18+,19-,20+/m0/s1. The van der Waals surface area contributed by atoms with Crippen molar-refractivity contribution in [1.29, 1.82) is 0 Å². The van der Waals surface area contributed by atoms with Crippen LogP contribution >= 0.6 is 0 Å². The molecule has 1 aliphatic heterocycles. The molecule has 0 unspecified atom stereocenters. The Labute approximate surface area is 144 Å². The highest BCUT2D eigenvalue weighted by Gasteiger charge is 2.59. The molecule has 128 valence electrons. The maximum absolute atomic E-state index is 10.9. The van der Waals surface area contributed by atoms with E-state index in [9.17, 15) is 15.3 Å². The van der Waals surface area contributed by atoms with Gasteiger partial charge in [-0.1, -0.05) is 84.9 Å². The number of aliphatic hydroxyl groups is 3. The summed E-state index contributed by atoms with van der Waals surface area (Å²) < 4.78 is 0. The van der Waals surface area contributed by atoms with Crippen LogP contribution in [0.4, 0.5) is 0 Å². The maximum Gasteiger partial charge on any atom is 0.128 e. The fourth-order valence-electron chi connectivity index (χ4n) is 4.28. The number of benzene rings is 2. The summed E-state index contributed by atoms with van der Waals surface area (Å²) in [6.45, 7) is 3.94. The number of hydrogen-bond donors (Lipinski definition) is 3. The van der Waals surface area contributed by atoms with Crippen molar-refractivity contribution in [3.63, 3.8) is 0 Å². The molecule has 1 aliphatic rings. The molecule has 0 aliphatic carbocycles. The van der Waals surface area contributed by atoms with Crippen LogP contribution in [-0.2, 0) is 0 Å². The molecular weight excluding hydrogens is 316 g/mol. The third kappa shape index (κ3) is 2.73. The van der Waals surface area contributed by atoms with Crippen molar-refractivity contribution in [2.75, 3.05) is 0 Å². The molecule has 3 N–H and O–H groups in total. The van der Waals surface area contributed by atoms with Crippen molar-refractivity contribution in [2.45, 2.75) is 43.7 Å². The van der Waals surface area contributed by atoms with Crippen LogP contribution in [0.3, 0.4) is 0 Å². The molecule has 1 saturated heterocycles. The highest BCUT2D eigenvalue weighted by atomic mass is 28.3. The summed E-state index contributed by atoms with van der Waals surface area (Å²) in [6, 6.07) is 20.9. The highest BCUT2D eigenvalue weighted by molar-refractivity contribution is 7.04. The molecular formula is C20H26O3Si. The zero-order valence-electron chi connectivity index (χ0n) is 14.2. The van der Waals surface area contributed by atoms with Gasteiger partial charge in [0.05, 0.1) is 18.3 Å². The minimum absolute atomic E-state index is 0.0225. The average molecular weight is 343 g/mol. The van der Waals surface area contributed by atoms with E-state index in [1.165, 1.54) is 0 Å². The second kappa shape index (κ2) is 6.80. The topological polar surface area (TPSA) is 60.7 Å². The fraction of sp³-hybridized carbons (Fsp3) is 0.400. The van der Waals surface area contributed by atoms with Gasteiger partial charge in [-0.2, -0.15) is 0 Å². The molecule has 24 heavy (non-hydrogen) atoms. The van der Waals surface area contributed by atoms with E-state index in [2.05, 4.69) is 24.3 Å². The lowest BCUT2D eigenvalue weighted by Crippen LogP contribution is -2.63. The van der Waals surface area contributed by atoms with E-state index >= 15 is 0 Å². The predicted octanol–water partition coefficient (Wildman–Crippen LogP) is 1.37. The molecule has 1 heterocycles. The zero-order chi connectivity index (χ0) is 17.3. The van der Waals surface area contributed by atoms with Crippen LogP contribution in [0.2, 0.25) is 11.6 Å². The SMILES string of the molecule is CC(C)[C@@H](O)[C@@H]1[C@@H](O)[C@@H](O)C[Si]1(c1ccccc1)c1ccccc1. The van der Waals surface area contributed by atoms with Crippen molar-refractivity contribution in [2.24, 2.45) is 5.92 Å². The van der Waals surface area contributed by atoms with Gasteiger partial charge in [-0.25, -0.2) is 0 Å². The quantitative estimate of drug-likeness (QED) is 0.736. The van der Waals surface area contributed by atoms with E-state index in [-0.39, 0.29) is 11.5 Å². The molecule has 4 heteroatoms. The second-order valence-corrected chi connectivity index (χ2v) is 11.4. The van der Waals surface area contributed by atoms with Gasteiger partial charge in [-0.3, -0.25) is 0 Å². The van der Waals surface area contributed by atoms with Crippen molar-refractivity contribution in [3.8, 4) is 0 Å². The van der Waals surface area contributed by atoms with Gasteiger partial charge in [0.15, 0.2) is 0 Å². The van der Waals surface area contributed by atoms with Gasteiger partial charge in [0.1, 0.15) is 8.07 Å². The van der Waals surface area contributed by atoms with Gasteiger partial charge in [-0.15, -0.1) is 0 Å². The van der Waals surface area contributed by atoms with Gasteiger partial charge < -0.3 is 15.3 Å². The summed E-state index contributed by atoms with van der Waals surface area (Å²) in [7, 11) is -2.52. The molecule has 1 fully saturated rings. The number of hydrogen-bond acceptors (Lipinski definition) is 3. The molecule has 0 spiro atoms. The van der Waals surface area contributed by atoms with Crippen LogP contribution in [0.25, 0.3) is 0 Å². The minimum atomic E-state index is -2.52. The third-order valence-corrected chi connectivity index (χ3v) is 11.1. The van der Waals surface area contributed by atoms with Crippen LogP contribution in [-0.4, -0.2) is 41.7 Å². The molecule has 0 amide bonds. The zero-order valence-corrected chi connectivity index (χ0v) is 15.2. The van der Waals surface area contributed by atoms with E-state index < -0.39 is 26.4 Å². The molecule has 0 radical (unpaired) electrons. The first-order valence-corrected chi connectivity index (χ1v) is 10.9. The maximum atomic E-state index is 10.9. The lowest BCUT2D eigenvalue weighted by Gasteiger charge is -2.39. The van der Waals surface area contributed by atoms with E-state index in [4.69, 9.17) is 0 Å². The smallest absolute Gasteiger partial charge is 0.128 e. The summed E-state index contributed by atoms with van der Waals surface area (Å²) in [5, 5.41) is 34.6. The Balaban J connectivity index is 2.24. The first-order valence-electron chi connectivity index (χ1n) is 8.63. The lowest BCUT2D eigenvalue weighted by molar-refractivity contribution is -0.000487. The Hall–Kier alpha value is -1.46. The first-order chi connectivity index (χ1) is 11.5. The van der Waals surface area contributed by atoms with Crippen LogP contribution in [0.5, 0.6) is 0 Å². The fourth-order valence-corrected chi connectivity index (χ4v) is 10.4. The van der Waals surface area contributed by atoms with E-state index in [1.54, 1.807) is 0 Å². The molecule has 2 aromatic carbocycles. The van der Waals surface area contributed by atoms with Crippen molar-refractivity contribution in [1.82, 2.24) is 0 Å². The first kappa shape index (κ1) is 17.4. The second-order valence-electron chi connectivity index (χ2n) is 7.23. The summed E-state index contributed by atoms with van der Waals surface area (Å²) in [6.07, 6.45) is -2.34. The Bertz CT molecular complexity index is 620. The van der Waals surface area contributed by atoms with Gasteiger partial charge in [0.2, 0.25) is 0 Å². The van der Waals surface area contributed by atoms with Gasteiger partial charge in [-0.05, 0) is 12.0 Å². The lowest BCUT2D eigenvalue weighted by atomic mass is 9.99. The normalized spacial score (nSPS) is 27.3. The minimum Gasteiger partial charge on any atom is -0.393 e. The van der Waals surface area contributed by atoms with Gasteiger partial charge in [0, 0.05) is 5.54 Å². The molecule has 3 rings (SSSR count). The van der Waals surface area contributed by atoms with E-state index in [1.807, 2.05) is 50.2 Å². The molecule has 4 atom stereocenters. The van der Waals surface area contributed by atoms with E-state index in [0.29, 0.717) is 6.04 Å². The molecule has 3 nitrogen and oxygen atoms in total. The monoisotopic (exact) mass is 342 g/mol. The summed E-state index contributed by atoms with van der Waals surface area (Å²) >= 11 is 0. The molecule has 0 aromatic heterocycles. The average Bonchev–Trinajstić information content (AvgIpc) is 2.88. The van der Waals surface area contributed by atoms with Crippen LogP contribution < -0.4 is 10.4 Å². The number of aliphatic hydroxyl groups excluding tert-OH is 3. The Morgan fingerprint density at radius 2 is 1.33 bits per heavy atom. The summed E-state index contributed by atoms with van der Waals surface area (Å²) in [4.78, 5) is 0. The number of rotatable bonds is 4. The Morgan fingerprint density at radius 1 is 0.875 bits per heavy atom. The largest absolute Gasteiger partial charge is 0.393 e. The van der Waals surface area contributed by atoms with Gasteiger partial charge >= 0.3 is 0 Å². The van der Waals surface area contributed by atoms with Crippen molar-refractivity contribution >= 4 is 18.4 Å².